The molecule has 0 bridgehead atoms. The number of aliphatic hydroxyl groups excluding tert-OH is 1. The average Bonchev–Trinajstić information content (AvgIpc) is 2.64. The Bertz CT molecular complexity index is 604. The lowest BCUT2D eigenvalue weighted by molar-refractivity contribution is -0.234. The second-order valence-corrected chi connectivity index (χ2v) is 9.96. The zero-order valence-corrected chi connectivity index (χ0v) is 19.2. The van der Waals surface area contributed by atoms with Crippen LogP contribution in [0.3, 0.4) is 0 Å². The van der Waals surface area contributed by atoms with Gasteiger partial charge in [-0.25, -0.2) is 0 Å². The van der Waals surface area contributed by atoms with Gasteiger partial charge in [0.1, 0.15) is 0 Å². The van der Waals surface area contributed by atoms with E-state index < -0.39 is 61.7 Å². The third-order valence-electron chi connectivity index (χ3n) is 3.24. The van der Waals surface area contributed by atoms with Crippen LogP contribution < -0.4 is 25.3 Å². The molecule has 30 heavy (non-hydrogen) atoms. The van der Waals surface area contributed by atoms with Gasteiger partial charge in [0.2, 0.25) is 0 Å². The molecule has 5 atom stereocenters. The molecule has 0 aliphatic carbocycles. The first-order valence-electron chi connectivity index (χ1n) is 8.62. The summed E-state index contributed by atoms with van der Waals surface area (Å²) < 4.78 is 56.1. The van der Waals surface area contributed by atoms with Crippen LogP contribution in [-0.4, -0.2) is 76.8 Å². The van der Waals surface area contributed by atoms with Crippen molar-refractivity contribution in [3.05, 3.63) is 0 Å². The fourth-order valence-electron chi connectivity index (χ4n) is 1.89. The maximum absolute atomic E-state index is 11.7. The van der Waals surface area contributed by atoms with Gasteiger partial charge in [-0.1, -0.05) is 0 Å². The highest BCUT2D eigenvalue weighted by Gasteiger charge is 2.18. The van der Waals surface area contributed by atoms with Gasteiger partial charge in [0.25, 0.3) is 23.5 Å². The minimum atomic E-state index is -4.98. The minimum Gasteiger partial charge on any atom is -0.756 e. The Morgan fingerprint density at radius 2 is 1.17 bits per heavy atom. The van der Waals surface area contributed by atoms with Crippen LogP contribution in [0.4, 0.5) is 0 Å². The third kappa shape index (κ3) is 16.8. The summed E-state index contributed by atoms with van der Waals surface area (Å²) in [5, 5.41) is 14.4. The van der Waals surface area contributed by atoms with Gasteiger partial charge in [0, 0.05) is 31.5 Å². The molecule has 5 unspecified atom stereocenters. The van der Waals surface area contributed by atoms with Crippen molar-refractivity contribution in [2.24, 2.45) is 11.8 Å². The molecule has 0 saturated heterocycles. The topological polar surface area (TPSA) is 231 Å². The molecule has 4 N–H and O–H groups in total. The van der Waals surface area contributed by atoms with Crippen LogP contribution in [0.25, 0.3) is 0 Å². The van der Waals surface area contributed by atoms with Crippen molar-refractivity contribution in [2.75, 3.05) is 66.8 Å². The summed E-state index contributed by atoms with van der Waals surface area (Å²) in [7, 11) is -11.4. The van der Waals surface area contributed by atoms with Crippen molar-refractivity contribution < 1.29 is 61.0 Å². The third-order valence-corrected chi connectivity index (χ3v) is 5.64. The predicted octanol–water partition coefficient (Wildman–Crippen LogP) is -2.87. The molecule has 0 spiro atoms. The van der Waals surface area contributed by atoms with Crippen LogP contribution in [0.1, 0.15) is 0 Å². The van der Waals surface area contributed by atoms with Crippen molar-refractivity contribution in [3.8, 4) is 0 Å². The van der Waals surface area contributed by atoms with Crippen LogP contribution in [-0.2, 0) is 36.3 Å². The van der Waals surface area contributed by atoms with Crippen LogP contribution in [0.5, 0.6) is 0 Å². The molecule has 0 aliphatic heterocycles. The molecule has 0 aliphatic rings. The van der Waals surface area contributed by atoms with E-state index in [0.29, 0.717) is 6.54 Å². The minimum absolute atomic E-state index is 0.0994. The largest absolute Gasteiger partial charge is 0.756 e. The van der Waals surface area contributed by atoms with Gasteiger partial charge < -0.3 is 57.9 Å². The summed E-state index contributed by atoms with van der Waals surface area (Å²) >= 11 is 0. The van der Waals surface area contributed by atoms with Gasteiger partial charge >= 0.3 is 0 Å². The molecule has 0 saturated carbocycles. The molecular formula is C12H28N2O13P3-3. The SMILES string of the molecule is CNCC(CO)COP(=O)([O-])OCCOP(=O)([O-])OCC(CNC)COP(=O)([O-])O. The van der Waals surface area contributed by atoms with E-state index in [1.54, 1.807) is 7.05 Å². The Balaban J connectivity index is 4.29. The first-order valence-corrected chi connectivity index (χ1v) is 13.0. The Morgan fingerprint density at radius 1 is 0.767 bits per heavy atom. The maximum Gasteiger partial charge on any atom is 0.267 e. The van der Waals surface area contributed by atoms with Crippen molar-refractivity contribution in [1.82, 2.24) is 10.6 Å². The van der Waals surface area contributed by atoms with Crippen LogP contribution in [0, 0.1) is 11.8 Å². The monoisotopic (exact) mass is 501 g/mol. The van der Waals surface area contributed by atoms with Crippen LogP contribution >= 0.6 is 23.5 Å². The van der Waals surface area contributed by atoms with Gasteiger partial charge in [-0.3, -0.25) is 13.7 Å². The number of phosphoric acid groups is 3. The summed E-state index contributed by atoms with van der Waals surface area (Å²) in [5.41, 5.74) is 0. The fourth-order valence-corrected chi connectivity index (χ4v) is 3.82. The maximum atomic E-state index is 11.7. The standard InChI is InChI=1S/C12H31N2O13P3/c1-13-5-11(7-15)8-26-29(19,20)23-3-4-24-30(21,22)27-10-12(6-14-2)9-25-28(16,17)18/h11-15H,3-10H2,1-2H3,(H,19,20)(H,21,22)(H2,16,17,18)/p-3. The highest BCUT2D eigenvalue weighted by Crippen LogP contribution is 2.41. The lowest BCUT2D eigenvalue weighted by Gasteiger charge is -2.28. The summed E-state index contributed by atoms with van der Waals surface area (Å²) in [4.78, 5) is 42.4. The van der Waals surface area contributed by atoms with Gasteiger partial charge in [-0.2, -0.15) is 0 Å². The molecule has 0 aromatic carbocycles. The summed E-state index contributed by atoms with van der Waals surface area (Å²) in [6.45, 7) is -2.69. The molecule has 0 fully saturated rings. The molecular weight excluding hydrogens is 473 g/mol. The van der Waals surface area contributed by atoms with Gasteiger partial charge in [-0.05, 0) is 14.1 Å². The second-order valence-electron chi connectivity index (χ2n) is 5.95. The Morgan fingerprint density at radius 3 is 1.57 bits per heavy atom. The van der Waals surface area contributed by atoms with Crippen molar-refractivity contribution in [1.29, 1.82) is 0 Å². The number of aliphatic hydroxyl groups is 1. The highest BCUT2D eigenvalue weighted by atomic mass is 31.2. The molecule has 0 radical (unpaired) electrons. The molecule has 182 valence electrons. The molecule has 0 aromatic heterocycles. The smallest absolute Gasteiger partial charge is 0.267 e. The number of nitrogens with one attached hydrogen (secondary N) is 2. The summed E-state index contributed by atoms with van der Waals surface area (Å²) in [5.74, 6) is -1.25. The van der Waals surface area contributed by atoms with E-state index in [0.717, 1.165) is 0 Å². The van der Waals surface area contributed by atoms with Gasteiger partial charge in [0.05, 0.1) is 33.0 Å². The van der Waals surface area contributed by atoms with E-state index in [1.807, 2.05) is 0 Å². The van der Waals surface area contributed by atoms with Crippen molar-refractivity contribution >= 4 is 23.5 Å². The zero-order valence-electron chi connectivity index (χ0n) is 16.5. The Hall–Kier alpha value is 0.210. The lowest BCUT2D eigenvalue weighted by atomic mass is 10.2. The Kier molecular flexibility index (Phi) is 15.2. The first kappa shape index (κ1) is 30.2. The molecule has 0 rings (SSSR count). The predicted molar refractivity (Wildman–Crippen MR) is 96.7 cm³/mol. The van der Waals surface area contributed by atoms with E-state index in [9.17, 15) is 28.4 Å². The second kappa shape index (κ2) is 15.1. The van der Waals surface area contributed by atoms with E-state index in [1.165, 1.54) is 7.05 Å². The highest BCUT2D eigenvalue weighted by molar-refractivity contribution is 7.46. The van der Waals surface area contributed by atoms with E-state index in [-0.39, 0.29) is 19.8 Å². The number of hydrogen-bond donors (Lipinski definition) is 4. The number of hydrogen-bond acceptors (Lipinski definition) is 14. The molecule has 0 amide bonds. The molecule has 0 aromatic rings. The summed E-state index contributed by atoms with van der Waals surface area (Å²) in [6, 6.07) is 0. The van der Waals surface area contributed by atoms with Crippen molar-refractivity contribution in [2.45, 2.75) is 0 Å². The fraction of sp³-hybridized carbons (Fsp3) is 1.00. The Labute approximate surface area is 174 Å². The van der Waals surface area contributed by atoms with Crippen LogP contribution in [0.2, 0.25) is 0 Å². The number of phosphoric ester groups is 3. The van der Waals surface area contributed by atoms with Gasteiger partial charge in [0.15, 0.2) is 0 Å². The number of rotatable bonds is 19. The summed E-state index contributed by atoms with van der Waals surface area (Å²) in [6.07, 6.45) is 0. The zero-order chi connectivity index (χ0) is 23.3. The van der Waals surface area contributed by atoms with E-state index in [2.05, 4.69) is 33.3 Å². The lowest BCUT2D eigenvalue weighted by Crippen LogP contribution is -2.28. The van der Waals surface area contributed by atoms with Crippen molar-refractivity contribution in [3.63, 3.8) is 0 Å². The quantitative estimate of drug-likeness (QED) is 0.103. The van der Waals surface area contributed by atoms with Crippen LogP contribution in [0.15, 0.2) is 0 Å². The molecule has 18 heteroatoms. The molecule has 0 heterocycles. The van der Waals surface area contributed by atoms with E-state index >= 15 is 0 Å². The first-order chi connectivity index (χ1) is 13.8. The van der Waals surface area contributed by atoms with E-state index in [4.69, 9.17) is 10.00 Å². The molecule has 15 nitrogen and oxygen atoms in total. The van der Waals surface area contributed by atoms with Gasteiger partial charge in [-0.15, -0.1) is 0 Å². The average molecular weight is 501 g/mol. The normalized spacial score (nSPS) is 20.1.